The van der Waals surface area contributed by atoms with E-state index in [1.54, 1.807) is 10.6 Å². The molecule has 2 atom stereocenters. The van der Waals surface area contributed by atoms with Crippen LogP contribution in [0, 0.1) is 0 Å². The van der Waals surface area contributed by atoms with Crippen LogP contribution in [0.15, 0.2) is 24.7 Å². The number of fused-ring (bicyclic) bond motifs is 1. The SMILES string of the molecule is COc1ncc(-c2cc(CN3CCC(F)(F)CC3)c3c(N)ncnn23)cc1C(=O)NC1CN(C=O)CC1F. The maximum atomic E-state index is 14.3. The van der Waals surface area contributed by atoms with Gasteiger partial charge in [-0.25, -0.2) is 27.7 Å². The number of nitrogens with one attached hydrogen (secondary N) is 1. The van der Waals surface area contributed by atoms with E-state index < -0.39 is 24.0 Å². The molecule has 3 aromatic heterocycles. The van der Waals surface area contributed by atoms with Crippen LogP contribution in [0.5, 0.6) is 5.88 Å². The highest BCUT2D eigenvalue weighted by atomic mass is 19.3. The fourth-order valence-electron chi connectivity index (χ4n) is 4.93. The van der Waals surface area contributed by atoms with Gasteiger partial charge in [-0.05, 0) is 17.7 Å². The Balaban J connectivity index is 1.47. The van der Waals surface area contributed by atoms with Gasteiger partial charge in [0.05, 0.1) is 25.4 Å². The first kappa shape index (κ1) is 25.7. The summed E-state index contributed by atoms with van der Waals surface area (Å²) < 4.78 is 48.5. The van der Waals surface area contributed by atoms with E-state index in [1.165, 1.54) is 24.5 Å². The number of amides is 2. The molecule has 202 valence electrons. The number of nitrogens with two attached hydrogens (primary N) is 1. The molecule has 5 rings (SSSR count). The van der Waals surface area contributed by atoms with Crippen molar-refractivity contribution >= 4 is 23.7 Å². The van der Waals surface area contributed by atoms with E-state index >= 15 is 0 Å². The lowest BCUT2D eigenvalue weighted by atomic mass is 10.1. The number of anilines is 1. The van der Waals surface area contributed by atoms with Gasteiger partial charge < -0.3 is 20.7 Å². The van der Waals surface area contributed by atoms with Gasteiger partial charge in [0.15, 0.2) is 5.82 Å². The van der Waals surface area contributed by atoms with Crippen LogP contribution in [0.25, 0.3) is 16.8 Å². The number of ether oxygens (including phenoxy) is 1. The van der Waals surface area contributed by atoms with Crippen LogP contribution in [0.1, 0.15) is 28.8 Å². The molecule has 3 N–H and O–H groups in total. The molecule has 0 radical (unpaired) electrons. The van der Waals surface area contributed by atoms with Gasteiger partial charge in [-0.2, -0.15) is 5.10 Å². The third-order valence-electron chi connectivity index (χ3n) is 6.97. The number of aromatic nitrogens is 4. The number of hydrogen-bond acceptors (Lipinski definition) is 8. The predicted octanol–water partition coefficient (Wildman–Crippen LogP) is 1.52. The molecule has 14 heteroatoms. The van der Waals surface area contributed by atoms with Crippen LogP contribution < -0.4 is 15.8 Å². The van der Waals surface area contributed by atoms with Crippen LogP contribution in [-0.2, 0) is 11.3 Å². The molecule has 0 aliphatic carbocycles. The molecule has 11 nitrogen and oxygen atoms in total. The van der Waals surface area contributed by atoms with E-state index in [-0.39, 0.29) is 56.3 Å². The molecular formula is C24H27F3N8O3. The second-order valence-corrected chi connectivity index (χ2v) is 9.53. The molecule has 5 heterocycles. The van der Waals surface area contributed by atoms with Crippen LogP contribution in [-0.4, -0.2) is 93.1 Å². The van der Waals surface area contributed by atoms with Crippen molar-refractivity contribution in [3.63, 3.8) is 0 Å². The summed E-state index contributed by atoms with van der Waals surface area (Å²) in [5, 5.41) is 6.94. The Morgan fingerprint density at radius 2 is 2.03 bits per heavy atom. The predicted molar refractivity (Wildman–Crippen MR) is 130 cm³/mol. The lowest BCUT2D eigenvalue weighted by Crippen LogP contribution is -2.41. The summed E-state index contributed by atoms with van der Waals surface area (Å²) in [5.74, 6) is -3.01. The summed E-state index contributed by atoms with van der Waals surface area (Å²) in [4.78, 5) is 35.6. The third-order valence-corrected chi connectivity index (χ3v) is 6.97. The number of alkyl halides is 3. The van der Waals surface area contributed by atoms with E-state index in [0.29, 0.717) is 29.7 Å². The van der Waals surface area contributed by atoms with Gasteiger partial charge in [-0.3, -0.25) is 14.5 Å². The Kier molecular flexibility index (Phi) is 6.82. The van der Waals surface area contributed by atoms with Crippen molar-refractivity contribution in [2.24, 2.45) is 0 Å². The first-order valence-electron chi connectivity index (χ1n) is 12.1. The normalized spacial score (nSPS) is 21.5. The molecule has 2 aliphatic heterocycles. The van der Waals surface area contributed by atoms with E-state index in [4.69, 9.17) is 10.5 Å². The quantitative estimate of drug-likeness (QED) is 0.438. The largest absolute Gasteiger partial charge is 0.480 e. The summed E-state index contributed by atoms with van der Waals surface area (Å²) in [6.45, 7) is 0.788. The summed E-state index contributed by atoms with van der Waals surface area (Å²) >= 11 is 0. The Labute approximate surface area is 215 Å². The minimum absolute atomic E-state index is 0.0383. The van der Waals surface area contributed by atoms with Crippen LogP contribution in [0.2, 0.25) is 0 Å². The van der Waals surface area contributed by atoms with Crippen molar-refractivity contribution in [3.8, 4) is 17.1 Å². The van der Waals surface area contributed by atoms with Gasteiger partial charge in [0.2, 0.25) is 12.3 Å². The molecule has 3 aromatic rings. The summed E-state index contributed by atoms with van der Waals surface area (Å²) in [6.07, 6.45) is 1.50. The third kappa shape index (κ3) is 4.95. The maximum absolute atomic E-state index is 14.3. The zero-order valence-corrected chi connectivity index (χ0v) is 20.6. The Hall–Kier alpha value is -3.94. The van der Waals surface area contributed by atoms with E-state index in [9.17, 15) is 22.8 Å². The second kappa shape index (κ2) is 10.1. The summed E-state index contributed by atoms with van der Waals surface area (Å²) in [6, 6.07) is 2.49. The van der Waals surface area contributed by atoms with Crippen LogP contribution >= 0.6 is 0 Å². The Morgan fingerprint density at radius 3 is 2.71 bits per heavy atom. The number of likely N-dealkylation sites (tertiary alicyclic amines) is 2. The molecule has 2 unspecified atom stereocenters. The van der Waals surface area contributed by atoms with Gasteiger partial charge in [0, 0.05) is 50.8 Å². The van der Waals surface area contributed by atoms with E-state index in [0.717, 1.165) is 5.56 Å². The minimum Gasteiger partial charge on any atom is -0.480 e. The number of methoxy groups -OCH3 is 1. The van der Waals surface area contributed by atoms with Gasteiger partial charge in [0.1, 0.15) is 23.6 Å². The zero-order chi connectivity index (χ0) is 27.0. The number of rotatable bonds is 7. The molecule has 38 heavy (non-hydrogen) atoms. The fraction of sp³-hybridized carbons (Fsp3) is 0.458. The van der Waals surface area contributed by atoms with Gasteiger partial charge in [-0.1, -0.05) is 0 Å². The molecule has 2 fully saturated rings. The zero-order valence-electron chi connectivity index (χ0n) is 20.6. The first-order valence-corrected chi connectivity index (χ1v) is 12.1. The molecular weight excluding hydrogens is 505 g/mol. The molecule has 2 aliphatic rings. The Morgan fingerprint density at radius 1 is 1.26 bits per heavy atom. The van der Waals surface area contributed by atoms with Gasteiger partial charge >= 0.3 is 0 Å². The lowest BCUT2D eigenvalue weighted by Gasteiger charge is -2.31. The topological polar surface area (TPSA) is 131 Å². The molecule has 0 saturated carbocycles. The monoisotopic (exact) mass is 532 g/mol. The molecule has 2 saturated heterocycles. The highest BCUT2D eigenvalue weighted by molar-refractivity contribution is 5.98. The van der Waals surface area contributed by atoms with Crippen molar-refractivity contribution in [1.29, 1.82) is 0 Å². The maximum Gasteiger partial charge on any atom is 0.257 e. The van der Waals surface area contributed by atoms with Crippen LogP contribution in [0.3, 0.4) is 0 Å². The first-order chi connectivity index (χ1) is 18.2. The van der Waals surface area contributed by atoms with Crippen molar-refractivity contribution in [3.05, 3.63) is 35.8 Å². The summed E-state index contributed by atoms with van der Waals surface area (Å²) in [5.41, 5.74) is 8.56. The number of nitrogens with zero attached hydrogens (tertiary/aromatic N) is 6. The fourth-order valence-corrected chi connectivity index (χ4v) is 4.93. The smallest absolute Gasteiger partial charge is 0.257 e. The minimum atomic E-state index is -2.66. The number of nitrogen functional groups attached to an aromatic ring is 1. The lowest BCUT2D eigenvalue weighted by molar-refractivity contribution is -0.117. The number of carbonyl (C=O) groups is 2. The van der Waals surface area contributed by atoms with Crippen molar-refractivity contribution in [2.75, 3.05) is 39.0 Å². The number of carbonyl (C=O) groups excluding carboxylic acids is 2. The second-order valence-electron chi connectivity index (χ2n) is 9.53. The standard InChI is InChI=1S/C24H27F3N8O3/c1-38-23-16(22(37)32-18-11-34(13-36)10-17(18)25)6-14(8-29-23)19-7-15(20-21(28)30-12-31-35(19)20)9-33-4-2-24(26,27)3-5-33/h6-8,12-13,17-18H,2-5,9-11H2,1H3,(H,32,37)(H2,28,30,31). The average molecular weight is 533 g/mol. The van der Waals surface area contributed by atoms with Crippen LogP contribution in [0.4, 0.5) is 19.0 Å². The van der Waals surface area contributed by atoms with E-state index in [1.807, 2.05) is 11.0 Å². The van der Waals surface area contributed by atoms with Crippen molar-refractivity contribution in [1.82, 2.24) is 34.7 Å². The number of pyridine rings is 1. The number of piperidine rings is 1. The van der Waals surface area contributed by atoms with Gasteiger partial charge in [0.25, 0.3) is 11.8 Å². The molecule has 2 amide bonds. The number of hydrogen-bond donors (Lipinski definition) is 2. The average Bonchev–Trinajstić information content (AvgIpc) is 3.45. The highest BCUT2D eigenvalue weighted by Crippen LogP contribution is 2.33. The summed E-state index contributed by atoms with van der Waals surface area (Å²) in [7, 11) is 1.36. The number of halogens is 3. The Bertz CT molecular complexity index is 1360. The van der Waals surface area contributed by atoms with Gasteiger partial charge in [-0.15, -0.1) is 0 Å². The van der Waals surface area contributed by atoms with Crippen molar-refractivity contribution < 1.29 is 27.5 Å². The highest BCUT2D eigenvalue weighted by Gasteiger charge is 2.35. The van der Waals surface area contributed by atoms with E-state index in [2.05, 4.69) is 20.4 Å². The molecule has 0 aromatic carbocycles. The molecule has 0 spiro atoms. The molecule has 0 bridgehead atoms. The van der Waals surface area contributed by atoms with Crippen molar-refractivity contribution in [2.45, 2.75) is 37.5 Å².